The summed E-state index contributed by atoms with van der Waals surface area (Å²) in [4.78, 5) is 22.9. The van der Waals surface area contributed by atoms with Crippen molar-refractivity contribution in [3.63, 3.8) is 0 Å². The highest BCUT2D eigenvalue weighted by Gasteiger charge is 2.48. The lowest BCUT2D eigenvalue weighted by Gasteiger charge is -2.43. The second-order valence-electron chi connectivity index (χ2n) is 5.92. The van der Waals surface area contributed by atoms with Crippen LogP contribution < -0.4 is 0 Å². The van der Waals surface area contributed by atoms with E-state index in [1.54, 1.807) is 0 Å². The van der Waals surface area contributed by atoms with Gasteiger partial charge in [0.2, 0.25) is 0 Å². The first kappa shape index (κ1) is 20.7. The van der Waals surface area contributed by atoms with Crippen molar-refractivity contribution in [1.82, 2.24) is 0 Å². The fraction of sp³-hybridized carbons (Fsp3) is 0.556. The molecule has 0 bridgehead atoms. The van der Waals surface area contributed by atoms with Gasteiger partial charge in [-0.25, -0.2) is 0 Å². The second kappa shape index (κ2) is 9.91. The lowest BCUT2D eigenvalue weighted by atomic mass is 10.0. The first-order valence-electron chi connectivity index (χ1n) is 8.24. The Morgan fingerprint density at radius 2 is 1.69 bits per heavy atom. The predicted octanol–water partition coefficient (Wildman–Crippen LogP) is 1.74. The van der Waals surface area contributed by atoms with Gasteiger partial charge in [-0.05, 0) is 5.56 Å². The number of carbonyl (C=O) groups is 2. The molecule has 7 nitrogen and oxygen atoms in total. The molecule has 0 N–H and O–H groups in total. The van der Waals surface area contributed by atoms with Crippen LogP contribution in [-0.2, 0) is 39.9 Å². The number of methoxy groups -OCH3 is 1. The van der Waals surface area contributed by atoms with E-state index in [0.717, 1.165) is 5.56 Å². The molecule has 0 radical (unpaired) electrons. The lowest BCUT2D eigenvalue weighted by molar-refractivity contribution is -0.270. The highest BCUT2D eigenvalue weighted by atomic mass is 32.1. The standard InChI is InChI=1S/C18H24O7S/c1-11(19)23-15-16(24-12(2)20)18(21-3)25-14(17(15)26)10-22-9-13-7-5-4-6-8-13/h4-8,14-18,26H,9-10H2,1-3H3/t14?,15?,16?,17-,18-/m0/s1. The molecule has 1 aromatic carbocycles. The Kier molecular flexibility index (Phi) is 7.89. The minimum Gasteiger partial charge on any atom is -0.457 e. The van der Waals surface area contributed by atoms with Crippen LogP contribution in [0, 0.1) is 0 Å². The van der Waals surface area contributed by atoms with Crippen LogP contribution in [0.5, 0.6) is 0 Å². The maximum atomic E-state index is 11.5. The van der Waals surface area contributed by atoms with E-state index in [1.165, 1.54) is 21.0 Å². The highest BCUT2D eigenvalue weighted by molar-refractivity contribution is 7.81. The normalized spacial score (nSPS) is 28.4. The van der Waals surface area contributed by atoms with Crippen molar-refractivity contribution in [2.75, 3.05) is 13.7 Å². The van der Waals surface area contributed by atoms with Crippen LogP contribution in [0.15, 0.2) is 30.3 Å². The average molecular weight is 384 g/mol. The molecule has 0 aromatic heterocycles. The zero-order valence-electron chi connectivity index (χ0n) is 15.0. The van der Waals surface area contributed by atoms with Crippen molar-refractivity contribution in [3.8, 4) is 0 Å². The molecule has 144 valence electrons. The number of rotatable bonds is 7. The van der Waals surface area contributed by atoms with Gasteiger partial charge in [0, 0.05) is 21.0 Å². The van der Waals surface area contributed by atoms with E-state index in [1.807, 2.05) is 30.3 Å². The average Bonchev–Trinajstić information content (AvgIpc) is 2.60. The van der Waals surface area contributed by atoms with Crippen molar-refractivity contribution < 1.29 is 33.3 Å². The summed E-state index contributed by atoms with van der Waals surface area (Å²) in [5, 5.41) is -0.551. The van der Waals surface area contributed by atoms with Gasteiger partial charge in [-0.3, -0.25) is 9.59 Å². The first-order chi connectivity index (χ1) is 12.4. The minimum atomic E-state index is -0.908. The van der Waals surface area contributed by atoms with Gasteiger partial charge in [0.15, 0.2) is 18.5 Å². The van der Waals surface area contributed by atoms with Crippen LogP contribution >= 0.6 is 12.6 Å². The van der Waals surface area contributed by atoms with E-state index in [2.05, 4.69) is 12.6 Å². The van der Waals surface area contributed by atoms with Crippen molar-refractivity contribution in [2.24, 2.45) is 0 Å². The third-order valence-corrected chi connectivity index (χ3v) is 4.47. The van der Waals surface area contributed by atoms with Gasteiger partial charge in [0.25, 0.3) is 0 Å². The van der Waals surface area contributed by atoms with Crippen LogP contribution in [0.1, 0.15) is 19.4 Å². The number of hydrogen-bond donors (Lipinski definition) is 1. The van der Waals surface area contributed by atoms with Gasteiger partial charge < -0.3 is 23.7 Å². The first-order valence-corrected chi connectivity index (χ1v) is 8.76. The Labute approximate surface area is 158 Å². The highest BCUT2D eigenvalue weighted by Crippen LogP contribution is 2.30. The molecule has 0 spiro atoms. The summed E-state index contributed by atoms with van der Waals surface area (Å²) >= 11 is 4.52. The van der Waals surface area contributed by atoms with Gasteiger partial charge in [0.05, 0.1) is 24.6 Å². The maximum absolute atomic E-state index is 11.5. The number of benzene rings is 1. The number of ether oxygens (including phenoxy) is 5. The number of carbonyl (C=O) groups excluding carboxylic acids is 2. The molecule has 1 heterocycles. The lowest BCUT2D eigenvalue weighted by Crippen LogP contribution is -2.59. The van der Waals surface area contributed by atoms with Gasteiger partial charge in [-0.1, -0.05) is 30.3 Å². The topological polar surface area (TPSA) is 80.3 Å². The van der Waals surface area contributed by atoms with Gasteiger partial charge >= 0.3 is 11.9 Å². The molecule has 2 rings (SSSR count). The molecule has 5 atom stereocenters. The van der Waals surface area contributed by atoms with Crippen molar-refractivity contribution in [1.29, 1.82) is 0 Å². The molecular weight excluding hydrogens is 360 g/mol. The van der Waals surface area contributed by atoms with Crippen molar-refractivity contribution in [2.45, 2.75) is 50.3 Å². The molecule has 0 aliphatic carbocycles. The predicted molar refractivity (Wildman–Crippen MR) is 95.7 cm³/mol. The number of hydrogen-bond acceptors (Lipinski definition) is 8. The molecule has 1 fully saturated rings. The van der Waals surface area contributed by atoms with E-state index in [4.69, 9.17) is 23.7 Å². The zero-order valence-corrected chi connectivity index (χ0v) is 15.9. The molecule has 1 aliphatic heterocycles. The summed E-state index contributed by atoms with van der Waals surface area (Å²) in [6, 6.07) is 9.70. The van der Waals surface area contributed by atoms with Crippen molar-refractivity contribution in [3.05, 3.63) is 35.9 Å². The molecule has 1 aliphatic rings. The Hall–Kier alpha value is -1.61. The summed E-state index contributed by atoms with van der Waals surface area (Å²) in [7, 11) is 1.42. The molecule has 3 unspecified atom stereocenters. The number of thiol groups is 1. The van der Waals surface area contributed by atoms with E-state index >= 15 is 0 Å². The Balaban J connectivity index is 2.05. The van der Waals surface area contributed by atoms with Crippen LogP contribution in [0.3, 0.4) is 0 Å². The molecule has 0 amide bonds. The van der Waals surface area contributed by atoms with Crippen LogP contribution in [-0.4, -0.2) is 55.5 Å². The van der Waals surface area contributed by atoms with Crippen molar-refractivity contribution >= 4 is 24.6 Å². The second-order valence-corrected chi connectivity index (χ2v) is 6.51. The summed E-state index contributed by atoms with van der Waals surface area (Å²) in [5.41, 5.74) is 1.02. The monoisotopic (exact) mass is 384 g/mol. The molecule has 0 saturated carbocycles. The molecule has 1 saturated heterocycles. The third kappa shape index (κ3) is 5.70. The van der Waals surface area contributed by atoms with E-state index in [0.29, 0.717) is 6.61 Å². The summed E-state index contributed by atoms with van der Waals surface area (Å²) in [6.07, 6.45) is -3.13. The zero-order chi connectivity index (χ0) is 19.1. The minimum absolute atomic E-state index is 0.216. The smallest absolute Gasteiger partial charge is 0.303 e. The summed E-state index contributed by atoms with van der Waals surface area (Å²) in [6.45, 7) is 3.17. The summed E-state index contributed by atoms with van der Waals surface area (Å²) < 4.78 is 27.4. The molecule has 8 heteroatoms. The Bertz CT molecular complexity index is 594. The fourth-order valence-corrected chi connectivity index (χ4v) is 3.12. The van der Waals surface area contributed by atoms with Gasteiger partial charge in [-0.2, -0.15) is 12.6 Å². The third-order valence-electron chi connectivity index (χ3n) is 3.85. The largest absolute Gasteiger partial charge is 0.457 e. The van der Waals surface area contributed by atoms with E-state index < -0.39 is 41.8 Å². The van der Waals surface area contributed by atoms with Gasteiger partial charge in [-0.15, -0.1) is 0 Å². The van der Waals surface area contributed by atoms with E-state index in [9.17, 15) is 9.59 Å². The number of esters is 2. The molecule has 1 aromatic rings. The maximum Gasteiger partial charge on any atom is 0.303 e. The Morgan fingerprint density at radius 1 is 1.08 bits per heavy atom. The van der Waals surface area contributed by atoms with Crippen LogP contribution in [0.2, 0.25) is 0 Å². The molecular formula is C18H24O7S. The van der Waals surface area contributed by atoms with Crippen LogP contribution in [0.25, 0.3) is 0 Å². The fourth-order valence-electron chi connectivity index (χ4n) is 2.73. The summed E-state index contributed by atoms with van der Waals surface area (Å²) in [5.74, 6) is -1.04. The SMILES string of the molecule is CO[C@H]1OC(COCc2ccccc2)[C@H](S)C(OC(C)=O)C1OC(C)=O. The van der Waals surface area contributed by atoms with Gasteiger partial charge in [0.1, 0.15) is 0 Å². The van der Waals surface area contributed by atoms with E-state index in [-0.39, 0.29) is 6.61 Å². The molecule has 26 heavy (non-hydrogen) atoms. The quantitative estimate of drug-likeness (QED) is 0.566. The Morgan fingerprint density at radius 3 is 2.27 bits per heavy atom. The van der Waals surface area contributed by atoms with Crippen LogP contribution in [0.4, 0.5) is 0 Å².